The van der Waals surface area contributed by atoms with Gasteiger partial charge in [0.15, 0.2) is 0 Å². The van der Waals surface area contributed by atoms with Crippen molar-refractivity contribution in [1.82, 2.24) is 19.6 Å². The number of unbranched alkanes of at least 4 members (excludes halogenated alkanes) is 1. The van der Waals surface area contributed by atoms with E-state index >= 15 is 0 Å². The van der Waals surface area contributed by atoms with E-state index < -0.39 is 0 Å². The normalized spacial score (nSPS) is 23.1. The van der Waals surface area contributed by atoms with E-state index in [1.54, 1.807) is 13.3 Å². The maximum atomic E-state index is 13.6. The highest BCUT2D eigenvalue weighted by atomic mass is 16.5. The standard InChI is InChI=1S/C27H37N5O4/c1-19-15-24-22(16-21(19)27(34)31-10-8-30(9-11-31)7-3-4-12-35-2)25-23(26(33)29-24)17-28-32(25)18-20-5-13-36-14-6-20/h15-17,20-21H,3-14,18H2,1-2H3. The Kier molecular flexibility index (Phi) is 7.79. The third-order valence-electron chi connectivity index (χ3n) is 7.81. The number of aliphatic imine (C=N–C) groups is 1. The average Bonchev–Trinajstić information content (AvgIpc) is 3.31. The molecule has 2 fully saturated rings. The van der Waals surface area contributed by atoms with Crippen LogP contribution in [0.15, 0.2) is 28.9 Å². The molecule has 2 saturated heterocycles. The fourth-order valence-corrected chi connectivity index (χ4v) is 5.60. The summed E-state index contributed by atoms with van der Waals surface area (Å²) in [5, 5.41) is 4.57. The number of piperazine rings is 1. The van der Waals surface area contributed by atoms with Gasteiger partial charge < -0.3 is 14.4 Å². The van der Waals surface area contributed by atoms with E-state index in [0.717, 1.165) is 102 Å². The lowest BCUT2D eigenvalue weighted by Crippen LogP contribution is -2.50. The van der Waals surface area contributed by atoms with Crippen molar-refractivity contribution in [3.05, 3.63) is 35.2 Å². The van der Waals surface area contributed by atoms with E-state index in [2.05, 4.69) is 15.0 Å². The molecule has 1 aromatic rings. The number of hydrogen-bond donors (Lipinski definition) is 0. The molecule has 0 spiro atoms. The Balaban J connectivity index is 1.31. The molecule has 0 aromatic carbocycles. The van der Waals surface area contributed by atoms with E-state index in [1.807, 2.05) is 28.7 Å². The molecule has 0 saturated carbocycles. The van der Waals surface area contributed by atoms with E-state index in [-0.39, 0.29) is 17.7 Å². The number of aromatic nitrogens is 2. The molecule has 0 bridgehead atoms. The van der Waals surface area contributed by atoms with Gasteiger partial charge in [-0.05, 0) is 51.1 Å². The molecular weight excluding hydrogens is 458 g/mol. The molecule has 5 rings (SSSR count). The van der Waals surface area contributed by atoms with Gasteiger partial charge in [-0.1, -0.05) is 11.6 Å². The van der Waals surface area contributed by atoms with Gasteiger partial charge >= 0.3 is 0 Å². The first-order valence-electron chi connectivity index (χ1n) is 13.2. The topological polar surface area (TPSA) is 89.3 Å². The molecule has 9 heteroatoms. The van der Waals surface area contributed by atoms with Crippen LogP contribution in [0.4, 0.5) is 0 Å². The molecule has 0 N–H and O–H groups in total. The highest BCUT2D eigenvalue weighted by molar-refractivity contribution is 6.36. The van der Waals surface area contributed by atoms with Gasteiger partial charge in [-0.15, -0.1) is 0 Å². The summed E-state index contributed by atoms with van der Waals surface area (Å²) in [7, 11) is 1.74. The van der Waals surface area contributed by atoms with Crippen LogP contribution in [0.3, 0.4) is 0 Å². The zero-order valence-electron chi connectivity index (χ0n) is 21.4. The van der Waals surface area contributed by atoms with Gasteiger partial charge in [0.2, 0.25) is 5.91 Å². The molecule has 194 valence electrons. The summed E-state index contributed by atoms with van der Waals surface area (Å²) >= 11 is 0. The van der Waals surface area contributed by atoms with Crippen molar-refractivity contribution >= 4 is 23.1 Å². The molecule has 9 nitrogen and oxygen atoms in total. The number of hydrogen-bond acceptors (Lipinski definition) is 6. The van der Waals surface area contributed by atoms with Gasteiger partial charge in [0, 0.05) is 65.2 Å². The lowest BCUT2D eigenvalue weighted by atomic mass is 9.84. The number of carbonyl (C=O) groups is 2. The van der Waals surface area contributed by atoms with Crippen molar-refractivity contribution < 1.29 is 19.1 Å². The number of methoxy groups -OCH3 is 1. The smallest absolute Gasteiger partial charge is 0.281 e. The van der Waals surface area contributed by atoms with Crippen LogP contribution in [0.2, 0.25) is 0 Å². The molecule has 0 radical (unpaired) electrons. The van der Waals surface area contributed by atoms with Crippen LogP contribution >= 0.6 is 0 Å². The van der Waals surface area contributed by atoms with E-state index in [9.17, 15) is 9.59 Å². The Hall–Kier alpha value is -2.62. The summed E-state index contributed by atoms with van der Waals surface area (Å²) in [6.45, 7) is 9.35. The number of allylic oxidation sites excluding steroid dienone is 2. The Labute approximate surface area is 212 Å². The van der Waals surface area contributed by atoms with Gasteiger partial charge in [0.1, 0.15) is 0 Å². The molecular formula is C27H37N5O4. The van der Waals surface area contributed by atoms with Gasteiger partial charge in [-0.25, -0.2) is 4.99 Å². The van der Waals surface area contributed by atoms with Crippen LogP contribution in [0.25, 0.3) is 5.57 Å². The minimum atomic E-state index is -0.348. The van der Waals surface area contributed by atoms with Crippen LogP contribution in [0, 0.1) is 11.8 Å². The fraction of sp³-hybridized carbons (Fsp3) is 0.630. The van der Waals surface area contributed by atoms with E-state index in [1.165, 1.54) is 0 Å². The molecule has 36 heavy (non-hydrogen) atoms. The minimum absolute atomic E-state index is 0.128. The maximum absolute atomic E-state index is 13.6. The average molecular weight is 496 g/mol. The number of nitrogens with zero attached hydrogens (tertiary/aromatic N) is 5. The zero-order valence-corrected chi connectivity index (χ0v) is 21.4. The van der Waals surface area contributed by atoms with Crippen LogP contribution in [0.1, 0.15) is 48.7 Å². The molecule has 1 aromatic heterocycles. The lowest BCUT2D eigenvalue weighted by molar-refractivity contribution is -0.134. The largest absolute Gasteiger partial charge is 0.385 e. The van der Waals surface area contributed by atoms with Gasteiger partial charge in [0.25, 0.3) is 5.91 Å². The Morgan fingerprint density at radius 1 is 1.17 bits per heavy atom. The summed E-state index contributed by atoms with van der Waals surface area (Å²) in [5.41, 5.74) is 3.76. The molecule has 2 amide bonds. The highest BCUT2D eigenvalue weighted by Gasteiger charge is 2.35. The van der Waals surface area contributed by atoms with E-state index in [4.69, 9.17) is 9.47 Å². The number of amides is 2. The number of carbonyl (C=O) groups excluding carboxylic acids is 2. The van der Waals surface area contributed by atoms with Crippen molar-refractivity contribution in [2.45, 2.75) is 39.2 Å². The van der Waals surface area contributed by atoms with Gasteiger partial charge in [-0.3, -0.25) is 19.2 Å². The first-order valence-corrected chi connectivity index (χ1v) is 13.2. The summed E-state index contributed by atoms with van der Waals surface area (Å²) in [6, 6.07) is 0. The Morgan fingerprint density at radius 3 is 2.69 bits per heavy atom. The lowest BCUT2D eigenvalue weighted by Gasteiger charge is -2.37. The van der Waals surface area contributed by atoms with Crippen molar-refractivity contribution in [2.75, 3.05) is 59.7 Å². The van der Waals surface area contributed by atoms with Crippen LogP contribution < -0.4 is 0 Å². The van der Waals surface area contributed by atoms with Crippen LogP contribution in [-0.2, 0) is 20.8 Å². The van der Waals surface area contributed by atoms with Crippen LogP contribution in [0.5, 0.6) is 0 Å². The summed E-state index contributed by atoms with van der Waals surface area (Å²) in [4.78, 5) is 35.1. The molecule has 1 aliphatic carbocycles. The minimum Gasteiger partial charge on any atom is -0.385 e. The van der Waals surface area contributed by atoms with Crippen LogP contribution in [-0.4, -0.2) is 96.8 Å². The highest BCUT2D eigenvalue weighted by Crippen LogP contribution is 2.35. The second-order valence-electron chi connectivity index (χ2n) is 10.3. The zero-order chi connectivity index (χ0) is 25.1. The molecule has 3 aliphatic heterocycles. The number of fused-ring (bicyclic) bond motifs is 3. The fourth-order valence-electron chi connectivity index (χ4n) is 5.60. The summed E-state index contributed by atoms with van der Waals surface area (Å²) in [5.74, 6) is -0.0151. The van der Waals surface area contributed by atoms with Crippen molar-refractivity contribution in [3.8, 4) is 0 Å². The molecule has 1 unspecified atom stereocenters. The number of rotatable bonds is 8. The SMILES string of the molecule is COCCCCN1CCN(C(=O)C2C=C3C(=NC(=O)c4cnn(CC5CCOCC5)c43)C=C2C)CC1. The predicted molar refractivity (Wildman–Crippen MR) is 137 cm³/mol. The van der Waals surface area contributed by atoms with Gasteiger partial charge in [0.05, 0.1) is 29.1 Å². The van der Waals surface area contributed by atoms with E-state index in [0.29, 0.717) is 17.2 Å². The third-order valence-corrected chi connectivity index (χ3v) is 7.81. The summed E-state index contributed by atoms with van der Waals surface area (Å²) in [6.07, 6.45) is 9.71. The first-order chi connectivity index (χ1) is 17.5. The Bertz CT molecular complexity index is 1070. The second kappa shape index (κ2) is 11.2. The first kappa shape index (κ1) is 25.0. The van der Waals surface area contributed by atoms with Crippen molar-refractivity contribution in [3.63, 3.8) is 0 Å². The molecule has 4 heterocycles. The molecule has 4 aliphatic rings. The summed E-state index contributed by atoms with van der Waals surface area (Å²) < 4.78 is 12.6. The van der Waals surface area contributed by atoms with Gasteiger partial charge in [-0.2, -0.15) is 5.10 Å². The third kappa shape index (κ3) is 5.23. The Morgan fingerprint density at radius 2 is 1.94 bits per heavy atom. The monoisotopic (exact) mass is 495 g/mol. The van der Waals surface area contributed by atoms with Crippen molar-refractivity contribution in [1.29, 1.82) is 0 Å². The second-order valence-corrected chi connectivity index (χ2v) is 10.3. The number of ether oxygens (including phenoxy) is 2. The maximum Gasteiger partial charge on any atom is 0.281 e. The predicted octanol–water partition coefficient (Wildman–Crippen LogP) is 2.43. The van der Waals surface area contributed by atoms with Crippen molar-refractivity contribution in [2.24, 2.45) is 16.8 Å². The molecule has 1 atom stereocenters. The quantitative estimate of drug-likeness (QED) is 0.515.